The number of para-hydroxylation sites is 1. The minimum atomic E-state index is 1.16. The second kappa shape index (κ2) is 6.68. The van der Waals surface area contributed by atoms with E-state index in [1.165, 1.54) is 0 Å². The third-order valence-corrected chi connectivity index (χ3v) is 1.06. The van der Waals surface area contributed by atoms with Gasteiger partial charge in [0, 0.05) is 12.7 Å². The van der Waals surface area contributed by atoms with E-state index in [9.17, 15) is 0 Å². The molecule has 0 spiro atoms. The lowest BCUT2D eigenvalue weighted by Crippen LogP contribution is -1.99. The Morgan fingerprint density at radius 1 is 1.00 bits per heavy atom. The average molecular weight is 166 g/mol. The molecule has 0 unspecified atom stereocenters. The van der Waals surface area contributed by atoms with Crippen molar-refractivity contribution in [3.8, 4) is 0 Å². The summed E-state index contributed by atoms with van der Waals surface area (Å²) in [7, 11) is 7.91. The number of benzene rings is 1. The molecule has 12 heavy (non-hydrogen) atoms. The fourth-order valence-electron chi connectivity index (χ4n) is 0.605. The van der Waals surface area contributed by atoms with Crippen LogP contribution in [0.3, 0.4) is 0 Å². The van der Waals surface area contributed by atoms with Crippen LogP contribution in [0.15, 0.2) is 30.3 Å². The molecule has 2 heteroatoms. The van der Waals surface area contributed by atoms with Gasteiger partial charge >= 0.3 is 0 Å². The molecule has 0 radical (unpaired) electrons. The Balaban J connectivity index is 0.000000261. The quantitative estimate of drug-likeness (QED) is 0.685. The number of anilines is 1. The van der Waals surface area contributed by atoms with Gasteiger partial charge in [0.2, 0.25) is 0 Å². The molecule has 1 aromatic carbocycles. The van der Waals surface area contributed by atoms with Gasteiger partial charge in [-0.3, -0.25) is 0 Å². The molecule has 0 aromatic heterocycles. The van der Waals surface area contributed by atoms with Crippen LogP contribution in [-0.4, -0.2) is 33.1 Å². The lowest BCUT2D eigenvalue weighted by molar-refractivity contribution is 0.505. The minimum absolute atomic E-state index is 1.16. The number of hydrogen-bond acceptors (Lipinski definition) is 2. The topological polar surface area (TPSA) is 15.3 Å². The van der Waals surface area contributed by atoms with Crippen LogP contribution in [0.2, 0.25) is 0 Å². The Labute approximate surface area is 75.2 Å². The van der Waals surface area contributed by atoms with Gasteiger partial charge in [0.1, 0.15) is 0 Å². The van der Waals surface area contributed by atoms with Gasteiger partial charge in [-0.05, 0) is 33.3 Å². The maximum absolute atomic E-state index is 3.03. The van der Waals surface area contributed by atoms with Crippen molar-refractivity contribution in [2.45, 2.75) is 0 Å². The average Bonchev–Trinajstić information content (AvgIpc) is 2.05. The van der Waals surface area contributed by atoms with Gasteiger partial charge in [0.15, 0.2) is 0 Å². The Morgan fingerprint density at radius 3 is 1.67 bits per heavy atom. The van der Waals surface area contributed by atoms with Gasteiger partial charge in [-0.15, -0.1) is 0 Å². The highest BCUT2D eigenvalue weighted by molar-refractivity contribution is 5.41. The zero-order valence-corrected chi connectivity index (χ0v) is 8.33. The summed E-state index contributed by atoms with van der Waals surface area (Å²) in [6.45, 7) is 0. The summed E-state index contributed by atoms with van der Waals surface area (Å²) >= 11 is 0. The van der Waals surface area contributed by atoms with Crippen LogP contribution < -0.4 is 5.32 Å². The summed E-state index contributed by atoms with van der Waals surface area (Å²) < 4.78 is 0. The fourth-order valence-corrected chi connectivity index (χ4v) is 0.605. The molecular formula is C10H18N2. The molecule has 0 aliphatic carbocycles. The molecule has 0 amide bonds. The molecule has 0 bridgehead atoms. The van der Waals surface area contributed by atoms with Crippen LogP contribution in [0.4, 0.5) is 5.69 Å². The Kier molecular flexibility index (Phi) is 6.11. The first kappa shape index (κ1) is 11.0. The van der Waals surface area contributed by atoms with Crippen LogP contribution in [0.5, 0.6) is 0 Å². The van der Waals surface area contributed by atoms with E-state index in [1.54, 1.807) is 0 Å². The smallest absolute Gasteiger partial charge is 0.0337 e. The lowest BCUT2D eigenvalue weighted by atomic mass is 10.3. The van der Waals surface area contributed by atoms with Gasteiger partial charge in [-0.2, -0.15) is 0 Å². The first-order chi connectivity index (χ1) is 5.66. The van der Waals surface area contributed by atoms with Crippen molar-refractivity contribution in [2.24, 2.45) is 0 Å². The van der Waals surface area contributed by atoms with Crippen LogP contribution in [0, 0.1) is 0 Å². The Hall–Kier alpha value is -1.02. The zero-order chi connectivity index (χ0) is 9.40. The van der Waals surface area contributed by atoms with E-state index in [0.717, 1.165) is 5.69 Å². The molecule has 0 aliphatic rings. The van der Waals surface area contributed by atoms with Gasteiger partial charge in [0.25, 0.3) is 0 Å². The van der Waals surface area contributed by atoms with Crippen LogP contribution >= 0.6 is 0 Å². The summed E-state index contributed by atoms with van der Waals surface area (Å²) in [6.07, 6.45) is 0. The predicted octanol–water partition coefficient (Wildman–Crippen LogP) is 1.91. The number of hydrogen-bond donors (Lipinski definition) is 1. The summed E-state index contributed by atoms with van der Waals surface area (Å²) in [5.41, 5.74) is 1.16. The molecule has 0 fully saturated rings. The molecule has 0 aliphatic heterocycles. The lowest BCUT2D eigenvalue weighted by Gasteiger charge is -1.94. The van der Waals surface area contributed by atoms with E-state index < -0.39 is 0 Å². The largest absolute Gasteiger partial charge is 0.388 e. The molecule has 0 saturated carbocycles. The minimum Gasteiger partial charge on any atom is -0.388 e. The van der Waals surface area contributed by atoms with E-state index in [1.807, 2.05) is 63.4 Å². The third-order valence-electron chi connectivity index (χ3n) is 1.06. The maximum atomic E-state index is 3.03. The molecule has 2 nitrogen and oxygen atoms in total. The van der Waals surface area contributed by atoms with Gasteiger partial charge in [-0.25, -0.2) is 0 Å². The second-order valence-electron chi connectivity index (χ2n) is 2.96. The highest BCUT2D eigenvalue weighted by atomic mass is 15.0. The molecule has 1 rings (SSSR count). The van der Waals surface area contributed by atoms with E-state index in [0.29, 0.717) is 0 Å². The van der Waals surface area contributed by atoms with Crippen molar-refractivity contribution in [1.29, 1.82) is 0 Å². The van der Waals surface area contributed by atoms with Crippen LogP contribution in [0.1, 0.15) is 0 Å². The molecule has 0 atom stereocenters. The van der Waals surface area contributed by atoms with Gasteiger partial charge in [-0.1, -0.05) is 18.2 Å². The van der Waals surface area contributed by atoms with Gasteiger partial charge in [0.05, 0.1) is 0 Å². The number of nitrogens with zero attached hydrogens (tertiary/aromatic N) is 1. The van der Waals surface area contributed by atoms with Crippen LogP contribution in [0.25, 0.3) is 0 Å². The van der Waals surface area contributed by atoms with E-state index in [2.05, 4.69) is 5.32 Å². The summed E-state index contributed by atoms with van der Waals surface area (Å²) in [6, 6.07) is 10.1. The standard InChI is InChI=1S/C7H9N.C3H9N/c1-8-7-5-3-2-4-6-7;1-4(2)3/h2-6,8H,1H3;1-3H3. The van der Waals surface area contributed by atoms with E-state index >= 15 is 0 Å². The van der Waals surface area contributed by atoms with E-state index in [4.69, 9.17) is 0 Å². The SMILES string of the molecule is CN(C)C.CNc1ccccc1. The zero-order valence-electron chi connectivity index (χ0n) is 8.33. The summed E-state index contributed by atoms with van der Waals surface area (Å²) in [4.78, 5) is 2.00. The Bertz CT molecular complexity index is 180. The molecular weight excluding hydrogens is 148 g/mol. The fraction of sp³-hybridized carbons (Fsp3) is 0.400. The van der Waals surface area contributed by atoms with Crippen molar-refractivity contribution in [3.63, 3.8) is 0 Å². The number of rotatable bonds is 1. The first-order valence-electron chi connectivity index (χ1n) is 4.00. The van der Waals surface area contributed by atoms with Crippen molar-refractivity contribution in [1.82, 2.24) is 4.90 Å². The first-order valence-corrected chi connectivity index (χ1v) is 4.00. The molecule has 0 heterocycles. The van der Waals surface area contributed by atoms with Gasteiger partial charge < -0.3 is 10.2 Å². The molecule has 0 saturated heterocycles. The second-order valence-corrected chi connectivity index (χ2v) is 2.96. The van der Waals surface area contributed by atoms with E-state index in [-0.39, 0.29) is 0 Å². The predicted molar refractivity (Wildman–Crippen MR) is 55.6 cm³/mol. The van der Waals surface area contributed by atoms with Crippen LogP contribution in [-0.2, 0) is 0 Å². The molecule has 68 valence electrons. The Morgan fingerprint density at radius 2 is 1.42 bits per heavy atom. The highest BCUT2D eigenvalue weighted by Crippen LogP contribution is 2.01. The monoisotopic (exact) mass is 166 g/mol. The molecule has 1 N–H and O–H groups in total. The summed E-state index contributed by atoms with van der Waals surface area (Å²) in [5, 5.41) is 3.03. The summed E-state index contributed by atoms with van der Waals surface area (Å²) in [5.74, 6) is 0. The normalized spacial score (nSPS) is 8.75. The molecule has 1 aromatic rings. The number of nitrogens with one attached hydrogen (secondary N) is 1. The van der Waals surface area contributed by atoms with Crippen molar-refractivity contribution < 1.29 is 0 Å². The van der Waals surface area contributed by atoms with Crippen molar-refractivity contribution >= 4 is 5.69 Å². The van der Waals surface area contributed by atoms with Crippen molar-refractivity contribution in [3.05, 3.63) is 30.3 Å². The third kappa shape index (κ3) is 7.09. The maximum Gasteiger partial charge on any atom is 0.0337 e. The van der Waals surface area contributed by atoms with Crippen molar-refractivity contribution in [2.75, 3.05) is 33.5 Å². The highest BCUT2D eigenvalue weighted by Gasteiger charge is 1.77.